The number of benzene rings is 1. The SMILES string of the molecule is CCNC(=NCC(=O)N1CCC(Cc2ccccc2)CC1)NCCOC.I. The van der Waals surface area contributed by atoms with Gasteiger partial charge in [-0.05, 0) is 37.7 Å². The van der Waals surface area contributed by atoms with Crippen LogP contribution in [0.5, 0.6) is 0 Å². The maximum atomic E-state index is 12.4. The van der Waals surface area contributed by atoms with E-state index < -0.39 is 0 Å². The predicted molar refractivity (Wildman–Crippen MR) is 121 cm³/mol. The number of ether oxygens (including phenoxy) is 1. The molecular formula is C20H33IN4O2. The third-order valence-corrected chi connectivity index (χ3v) is 4.65. The average molecular weight is 488 g/mol. The van der Waals surface area contributed by atoms with Crippen LogP contribution in [-0.2, 0) is 16.0 Å². The number of carbonyl (C=O) groups excluding carboxylic acids is 1. The van der Waals surface area contributed by atoms with Crippen molar-refractivity contribution in [3.8, 4) is 0 Å². The van der Waals surface area contributed by atoms with Crippen molar-refractivity contribution in [3.63, 3.8) is 0 Å². The summed E-state index contributed by atoms with van der Waals surface area (Å²) in [5.41, 5.74) is 1.39. The first-order valence-corrected chi connectivity index (χ1v) is 9.55. The fourth-order valence-corrected chi connectivity index (χ4v) is 3.19. The molecule has 1 fully saturated rings. The molecule has 2 N–H and O–H groups in total. The third kappa shape index (κ3) is 8.92. The summed E-state index contributed by atoms with van der Waals surface area (Å²) < 4.78 is 5.02. The molecule has 0 atom stereocenters. The zero-order chi connectivity index (χ0) is 18.6. The van der Waals surface area contributed by atoms with Crippen molar-refractivity contribution in [2.24, 2.45) is 10.9 Å². The number of halogens is 1. The second-order valence-electron chi connectivity index (χ2n) is 6.63. The van der Waals surface area contributed by atoms with Crippen LogP contribution in [-0.4, -0.2) is 63.2 Å². The molecule has 1 aromatic carbocycles. The molecule has 0 radical (unpaired) electrons. The van der Waals surface area contributed by atoms with Gasteiger partial charge in [-0.3, -0.25) is 4.79 Å². The lowest BCUT2D eigenvalue weighted by Gasteiger charge is -2.31. The number of nitrogens with zero attached hydrogens (tertiary/aromatic N) is 2. The van der Waals surface area contributed by atoms with Gasteiger partial charge in [-0.25, -0.2) is 4.99 Å². The molecule has 27 heavy (non-hydrogen) atoms. The van der Waals surface area contributed by atoms with Crippen LogP contribution in [0.1, 0.15) is 25.3 Å². The van der Waals surface area contributed by atoms with E-state index in [1.807, 2.05) is 11.8 Å². The fourth-order valence-electron chi connectivity index (χ4n) is 3.19. The molecule has 1 aliphatic rings. The van der Waals surface area contributed by atoms with Crippen molar-refractivity contribution >= 4 is 35.8 Å². The van der Waals surface area contributed by atoms with Crippen LogP contribution in [0, 0.1) is 5.92 Å². The molecule has 0 aliphatic carbocycles. The number of rotatable bonds is 8. The van der Waals surface area contributed by atoms with Crippen molar-refractivity contribution in [2.45, 2.75) is 26.2 Å². The summed E-state index contributed by atoms with van der Waals surface area (Å²) in [5.74, 6) is 1.43. The second-order valence-corrected chi connectivity index (χ2v) is 6.63. The average Bonchev–Trinajstić information content (AvgIpc) is 2.67. The minimum atomic E-state index is 0. The van der Waals surface area contributed by atoms with Crippen LogP contribution in [0.2, 0.25) is 0 Å². The summed E-state index contributed by atoms with van der Waals surface area (Å²) >= 11 is 0. The van der Waals surface area contributed by atoms with E-state index in [4.69, 9.17) is 4.74 Å². The Labute approximate surface area is 180 Å². The van der Waals surface area contributed by atoms with Gasteiger partial charge in [-0.15, -0.1) is 24.0 Å². The molecule has 0 spiro atoms. The quantitative estimate of drug-likeness (QED) is 0.255. The minimum Gasteiger partial charge on any atom is -0.383 e. The van der Waals surface area contributed by atoms with E-state index in [2.05, 4.69) is 46.0 Å². The van der Waals surface area contributed by atoms with Gasteiger partial charge in [-0.1, -0.05) is 30.3 Å². The van der Waals surface area contributed by atoms with Crippen molar-refractivity contribution < 1.29 is 9.53 Å². The lowest BCUT2D eigenvalue weighted by atomic mass is 9.90. The summed E-state index contributed by atoms with van der Waals surface area (Å²) in [5, 5.41) is 6.30. The smallest absolute Gasteiger partial charge is 0.244 e. The molecule has 152 valence electrons. The summed E-state index contributed by atoms with van der Waals surface area (Å²) in [6, 6.07) is 10.6. The largest absolute Gasteiger partial charge is 0.383 e. The Morgan fingerprint density at radius 1 is 1.22 bits per heavy atom. The van der Waals surface area contributed by atoms with Gasteiger partial charge in [0, 0.05) is 33.3 Å². The summed E-state index contributed by atoms with van der Waals surface area (Å²) in [7, 11) is 1.66. The van der Waals surface area contributed by atoms with E-state index in [1.165, 1.54) is 5.56 Å². The Hall–Kier alpha value is -1.35. The molecule has 1 aliphatic heterocycles. The number of aliphatic imine (C=N–C) groups is 1. The van der Waals surface area contributed by atoms with E-state index >= 15 is 0 Å². The van der Waals surface area contributed by atoms with Crippen LogP contribution >= 0.6 is 24.0 Å². The number of nitrogens with one attached hydrogen (secondary N) is 2. The highest BCUT2D eigenvalue weighted by Gasteiger charge is 2.22. The fraction of sp³-hybridized carbons (Fsp3) is 0.600. The molecule has 1 saturated heterocycles. The Morgan fingerprint density at radius 3 is 2.56 bits per heavy atom. The van der Waals surface area contributed by atoms with Gasteiger partial charge in [0.15, 0.2) is 5.96 Å². The topological polar surface area (TPSA) is 66.0 Å². The number of methoxy groups -OCH3 is 1. The van der Waals surface area contributed by atoms with Gasteiger partial charge in [-0.2, -0.15) is 0 Å². The number of guanidine groups is 1. The second kappa shape index (κ2) is 13.8. The number of hydrogen-bond acceptors (Lipinski definition) is 3. The Bertz CT molecular complexity index is 560. The molecule has 1 aromatic rings. The number of carbonyl (C=O) groups is 1. The van der Waals surface area contributed by atoms with Gasteiger partial charge in [0.2, 0.25) is 5.91 Å². The Morgan fingerprint density at radius 2 is 1.93 bits per heavy atom. The lowest BCUT2D eigenvalue weighted by molar-refractivity contribution is -0.130. The Kier molecular flexibility index (Phi) is 12.1. The zero-order valence-electron chi connectivity index (χ0n) is 16.4. The van der Waals surface area contributed by atoms with Crippen LogP contribution < -0.4 is 10.6 Å². The predicted octanol–water partition coefficient (Wildman–Crippen LogP) is 2.29. The molecule has 2 rings (SSSR count). The van der Waals surface area contributed by atoms with Gasteiger partial charge in [0.25, 0.3) is 0 Å². The number of amides is 1. The molecule has 0 aromatic heterocycles. The molecule has 1 amide bonds. The summed E-state index contributed by atoms with van der Waals surface area (Å²) in [6.45, 7) is 5.89. The van der Waals surface area contributed by atoms with Gasteiger partial charge in [0.05, 0.1) is 6.61 Å². The van der Waals surface area contributed by atoms with Crippen molar-refractivity contribution in [1.29, 1.82) is 0 Å². The van der Waals surface area contributed by atoms with Crippen LogP contribution in [0.4, 0.5) is 0 Å². The van der Waals surface area contributed by atoms with E-state index in [0.717, 1.165) is 38.9 Å². The van der Waals surface area contributed by atoms with Crippen LogP contribution in [0.15, 0.2) is 35.3 Å². The first-order chi connectivity index (χ1) is 12.7. The van der Waals surface area contributed by atoms with Gasteiger partial charge < -0.3 is 20.3 Å². The highest BCUT2D eigenvalue weighted by molar-refractivity contribution is 14.0. The molecule has 0 saturated carbocycles. The number of piperidine rings is 1. The van der Waals surface area contributed by atoms with Gasteiger partial charge in [0.1, 0.15) is 6.54 Å². The number of likely N-dealkylation sites (tertiary alicyclic amines) is 1. The maximum absolute atomic E-state index is 12.4. The van der Waals surface area contributed by atoms with Crippen molar-refractivity contribution in [2.75, 3.05) is 46.4 Å². The standard InChI is InChI=1S/C20H32N4O2.HI/c1-3-21-20(22-11-14-26-2)23-16-19(25)24-12-9-18(10-13-24)15-17-7-5-4-6-8-17;/h4-8,18H,3,9-16H2,1-2H3,(H2,21,22,23);1H. The highest BCUT2D eigenvalue weighted by atomic mass is 127. The lowest BCUT2D eigenvalue weighted by Crippen LogP contribution is -2.42. The summed E-state index contributed by atoms with van der Waals surface area (Å²) in [4.78, 5) is 18.8. The van der Waals surface area contributed by atoms with E-state index in [0.29, 0.717) is 25.0 Å². The van der Waals surface area contributed by atoms with E-state index in [-0.39, 0.29) is 36.4 Å². The Balaban J connectivity index is 0.00000364. The monoisotopic (exact) mass is 488 g/mol. The number of hydrogen-bond donors (Lipinski definition) is 2. The molecule has 0 bridgehead atoms. The molecular weight excluding hydrogens is 455 g/mol. The highest BCUT2D eigenvalue weighted by Crippen LogP contribution is 2.21. The minimum absolute atomic E-state index is 0. The summed E-state index contributed by atoms with van der Waals surface area (Å²) in [6.07, 6.45) is 3.24. The molecule has 1 heterocycles. The first kappa shape index (κ1) is 23.7. The molecule has 0 unspecified atom stereocenters. The normalized spacial score (nSPS) is 15.2. The van der Waals surface area contributed by atoms with Crippen molar-refractivity contribution in [3.05, 3.63) is 35.9 Å². The molecule has 7 heteroatoms. The maximum Gasteiger partial charge on any atom is 0.244 e. The third-order valence-electron chi connectivity index (χ3n) is 4.65. The molecule has 6 nitrogen and oxygen atoms in total. The first-order valence-electron chi connectivity index (χ1n) is 9.55. The van der Waals surface area contributed by atoms with Crippen LogP contribution in [0.25, 0.3) is 0 Å². The van der Waals surface area contributed by atoms with E-state index in [1.54, 1.807) is 7.11 Å². The van der Waals surface area contributed by atoms with Crippen LogP contribution in [0.3, 0.4) is 0 Å². The van der Waals surface area contributed by atoms with Crippen molar-refractivity contribution in [1.82, 2.24) is 15.5 Å². The van der Waals surface area contributed by atoms with Gasteiger partial charge >= 0.3 is 0 Å². The zero-order valence-corrected chi connectivity index (χ0v) is 18.8. The van der Waals surface area contributed by atoms with E-state index in [9.17, 15) is 4.79 Å².